The van der Waals surface area contributed by atoms with E-state index >= 15 is 0 Å². The molecule has 4 nitrogen and oxygen atoms in total. The molecule has 0 spiro atoms. The first-order valence-corrected chi connectivity index (χ1v) is 6.28. The fourth-order valence-corrected chi connectivity index (χ4v) is 2.52. The van der Waals surface area contributed by atoms with Crippen molar-refractivity contribution in [3.63, 3.8) is 0 Å². The summed E-state index contributed by atoms with van der Waals surface area (Å²) in [4.78, 5) is 0. The summed E-state index contributed by atoms with van der Waals surface area (Å²) >= 11 is 0. The van der Waals surface area contributed by atoms with Crippen LogP contribution in [0.5, 0.6) is 11.5 Å². The number of nitrogens with one attached hydrogen (secondary N) is 1. The molecule has 0 aromatic heterocycles. The van der Waals surface area contributed by atoms with Gasteiger partial charge in [-0.05, 0) is 44.0 Å². The van der Waals surface area contributed by atoms with E-state index in [1.165, 1.54) is 0 Å². The molecule has 0 aliphatic carbocycles. The van der Waals surface area contributed by atoms with Gasteiger partial charge in [-0.2, -0.15) is 0 Å². The number of rotatable bonds is 4. The van der Waals surface area contributed by atoms with Crippen LogP contribution in [0.4, 0.5) is 0 Å². The molecule has 2 atom stereocenters. The molecule has 1 aliphatic rings. The molecule has 100 valence electrons. The maximum Gasteiger partial charge on any atom is 0.161 e. The summed E-state index contributed by atoms with van der Waals surface area (Å²) in [6, 6.07) is 5.66. The van der Waals surface area contributed by atoms with Crippen LogP contribution in [0.15, 0.2) is 18.2 Å². The number of benzene rings is 1. The highest BCUT2D eigenvalue weighted by molar-refractivity contribution is 5.44. The van der Waals surface area contributed by atoms with Gasteiger partial charge in [0.05, 0.1) is 14.2 Å². The third kappa shape index (κ3) is 2.31. The van der Waals surface area contributed by atoms with Gasteiger partial charge in [-0.1, -0.05) is 6.07 Å². The van der Waals surface area contributed by atoms with Crippen LogP contribution in [0.1, 0.15) is 25.3 Å². The Kier molecular flexibility index (Phi) is 3.78. The molecule has 1 aliphatic heterocycles. The SMILES string of the molecule is COc1ccc(C(C)(O)C2CCCN2)cc1OC. The smallest absolute Gasteiger partial charge is 0.161 e. The van der Waals surface area contributed by atoms with Gasteiger partial charge in [-0.15, -0.1) is 0 Å². The van der Waals surface area contributed by atoms with Crippen molar-refractivity contribution in [1.82, 2.24) is 5.32 Å². The number of ether oxygens (including phenoxy) is 2. The number of hydrogen-bond donors (Lipinski definition) is 2. The second-order valence-electron chi connectivity index (χ2n) is 4.87. The van der Waals surface area contributed by atoms with Gasteiger partial charge in [-0.3, -0.25) is 0 Å². The van der Waals surface area contributed by atoms with Crippen molar-refractivity contribution in [3.05, 3.63) is 23.8 Å². The quantitative estimate of drug-likeness (QED) is 0.854. The lowest BCUT2D eigenvalue weighted by atomic mass is 9.87. The Balaban J connectivity index is 2.31. The molecule has 2 rings (SSSR count). The average Bonchev–Trinajstić information content (AvgIpc) is 2.92. The van der Waals surface area contributed by atoms with Gasteiger partial charge in [0.25, 0.3) is 0 Å². The Bertz CT molecular complexity index is 412. The number of aliphatic hydroxyl groups is 1. The maximum atomic E-state index is 10.7. The molecule has 18 heavy (non-hydrogen) atoms. The van der Waals surface area contributed by atoms with E-state index in [0.29, 0.717) is 11.5 Å². The minimum atomic E-state index is -0.893. The predicted molar refractivity (Wildman–Crippen MR) is 70.1 cm³/mol. The lowest BCUT2D eigenvalue weighted by molar-refractivity contribution is 0.0216. The van der Waals surface area contributed by atoms with Gasteiger partial charge >= 0.3 is 0 Å². The molecular weight excluding hydrogens is 230 g/mol. The van der Waals surface area contributed by atoms with Gasteiger partial charge in [-0.25, -0.2) is 0 Å². The zero-order valence-corrected chi connectivity index (χ0v) is 11.2. The van der Waals surface area contributed by atoms with E-state index < -0.39 is 5.60 Å². The molecule has 0 amide bonds. The Labute approximate surface area is 108 Å². The first-order chi connectivity index (χ1) is 8.59. The summed E-state index contributed by atoms with van der Waals surface area (Å²) in [5.74, 6) is 1.32. The summed E-state index contributed by atoms with van der Waals surface area (Å²) in [5.41, 5.74) is -0.0460. The average molecular weight is 251 g/mol. The molecule has 0 radical (unpaired) electrons. The zero-order chi connectivity index (χ0) is 13.2. The van der Waals surface area contributed by atoms with Crippen molar-refractivity contribution in [3.8, 4) is 11.5 Å². The van der Waals surface area contributed by atoms with Gasteiger partial charge in [0, 0.05) is 6.04 Å². The van der Waals surface area contributed by atoms with Crippen LogP contribution >= 0.6 is 0 Å². The first-order valence-electron chi connectivity index (χ1n) is 6.28. The highest BCUT2D eigenvalue weighted by Gasteiger charge is 2.35. The lowest BCUT2D eigenvalue weighted by Gasteiger charge is -2.31. The Morgan fingerprint density at radius 3 is 2.56 bits per heavy atom. The van der Waals surface area contributed by atoms with Gasteiger partial charge < -0.3 is 19.9 Å². The second-order valence-corrected chi connectivity index (χ2v) is 4.87. The minimum Gasteiger partial charge on any atom is -0.493 e. The highest BCUT2D eigenvalue weighted by atomic mass is 16.5. The van der Waals surface area contributed by atoms with Crippen molar-refractivity contribution in [2.75, 3.05) is 20.8 Å². The van der Waals surface area contributed by atoms with E-state index in [-0.39, 0.29) is 6.04 Å². The lowest BCUT2D eigenvalue weighted by Crippen LogP contribution is -2.42. The van der Waals surface area contributed by atoms with E-state index in [1.54, 1.807) is 14.2 Å². The maximum absolute atomic E-state index is 10.7. The molecular formula is C14H21NO3. The van der Waals surface area contributed by atoms with Crippen molar-refractivity contribution in [2.45, 2.75) is 31.4 Å². The monoisotopic (exact) mass is 251 g/mol. The third-order valence-corrected chi connectivity index (χ3v) is 3.71. The van der Waals surface area contributed by atoms with E-state index in [0.717, 1.165) is 24.9 Å². The van der Waals surface area contributed by atoms with Crippen molar-refractivity contribution in [2.24, 2.45) is 0 Å². The van der Waals surface area contributed by atoms with Crippen LogP contribution in [-0.4, -0.2) is 31.9 Å². The van der Waals surface area contributed by atoms with Crippen LogP contribution in [0.25, 0.3) is 0 Å². The van der Waals surface area contributed by atoms with E-state index in [9.17, 15) is 5.11 Å². The molecule has 1 saturated heterocycles. The van der Waals surface area contributed by atoms with Crippen LogP contribution in [0.2, 0.25) is 0 Å². The van der Waals surface area contributed by atoms with Crippen LogP contribution in [-0.2, 0) is 5.60 Å². The molecule has 2 unspecified atom stereocenters. The fraction of sp³-hybridized carbons (Fsp3) is 0.571. The Morgan fingerprint density at radius 1 is 1.28 bits per heavy atom. The molecule has 4 heteroatoms. The minimum absolute atomic E-state index is 0.0931. The van der Waals surface area contributed by atoms with Gasteiger partial charge in [0.2, 0.25) is 0 Å². The highest BCUT2D eigenvalue weighted by Crippen LogP contribution is 2.35. The first kappa shape index (κ1) is 13.2. The molecule has 1 heterocycles. The molecule has 2 N–H and O–H groups in total. The second kappa shape index (κ2) is 5.16. The van der Waals surface area contributed by atoms with Crippen LogP contribution in [0, 0.1) is 0 Å². The Morgan fingerprint density at radius 2 is 2.00 bits per heavy atom. The Hall–Kier alpha value is -1.26. The zero-order valence-electron chi connectivity index (χ0n) is 11.2. The summed E-state index contributed by atoms with van der Waals surface area (Å²) in [6.07, 6.45) is 2.09. The van der Waals surface area contributed by atoms with Crippen molar-refractivity contribution >= 4 is 0 Å². The standard InChI is InChI=1S/C14H21NO3/c1-14(16,13-5-4-8-15-13)10-6-7-11(17-2)12(9-10)18-3/h6-7,9,13,15-16H,4-5,8H2,1-3H3. The summed E-state index contributed by atoms with van der Waals surface area (Å²) in [5, 5.41) is 14.0. The van der Waals surface area contributed by atoms with E-state index in [2.05, 4.69) is 5.32 Å². The molecule has 1 aromatic carbocycles. The normalized spacial score (nSPS) is 22.6. The van der Waals surface area contributed by atoms with Crippen LogP contribution in [0.3, 0.4) is 0 Å². The number of methoxy groups -OCH3 is 2. The van der Waals surface area contributed by atoms with Crippen LogP contribution < -0.4 is 14.8 Å². The molecule has 1 aromatic rings. The van der Waals surface area contributed by atoms with Crippen molar-refractivity contribution < 1.29 is 14.6 Å². The predicted octanol–water partition coefficient (Wildman–Crippen LogP) is 1.66. The molecule has 1 fully saturated rings. The molecule has 0 bridgehead atoms. The fourth-order valence-electron chi connectivity index (χ4n) is 2.52. The largest absolute Gasteiger partial charge is 0.493 e. The summed E-state index contributed by atoms with van der Waals surface area (Å²) in [6.45, 7) is 2.81. The number of hydrogen-bond acceptors (Lipinski definition) is 4. The molecule has 0 saturated carbocycles. The topological polar surface area (TPSA) is 50.7 Å². The summed E-state index contributed by atoms with van der Waals surface area (Å²) < 4.78 is 10.5. The van der Waals surface area contributed by atoms with E-state index in [4.69, 9.17) is 9.47 Å². The van der Waals surface area contributed by atoms with Gasteiger partial charge in [0.15, 0.2) is 11.5 Å². The van der Waals surface area contributed by atoms with E-state index in [1.807, 2.05) is 25.1 Å². The van der Waals surface area contributed by atoms with Crippen molar-refractivity contribution in [1.29, 1.82) is 0 Å². The third-order valence-electron chi connectivity index (χ3n) is 3.71. The summed E-state index contributed by atoms with van der Waals surface area (Å²) in [7, 11) is 3.21. The van der Waals surface area contributed by atoms with Gasteiger partial charge in [0.1, 0.15) is 5.60 Å².